The molecule has 0 aliphatic rings. The number of thioether (sulfide) groups is 2. The smallest absolute Gasteiger partial charge is 0.304 e. The van der Waals surface area contributed by atoms with Gasteiger partial charge in [0, 0.05) is 10.6 Å². The summed E-state index contributed by atoms with van der Waals surface area (Å²) in [5.74, 6) is 1.15. The third kappa shape index (κ3) is 12.4. The first kappa shape index (κ1) is 25.9. The summed E-state index contributed by atoms with van der Waals surface area (Å²) in [5.41, 5.74) is 1.50. The van der Waals surface area contributed by atoms with Gasteiger partial charge in [0.05, 0.1) is 11.0 Å². The number of hydrogen-bond donors (Lipinski definition) is 1. The van der Waals surface area contributed by atoms with E-state index in [0.29, 0.717) is 10.3 Å². The summed E-state index contributed by atoms with van der Waals surface area (Å²) in [5, 5.41) is 11.1. The van der Waals surface area contributed by atoms with Crippen molar-refractivity contribution in [2.45, 2.75) is 102 Å². The number of thiophene rings is 1. The van der Waals surface area contributed by atoms with Crippen molar-refractivity contribution in [3.8, 4) is 0 Å². The molecule has 0 radical (unpaired) electrons. The highest BCUT2D eigenvalue weighted by molar-refractivity contribution is 8.16. The number of unbranched alkanes of at least 4 members (excludes halogenated alkanes) is 9. The number of carboxylic acid groups (broad SMARTS) is 1. The van der Waals surface area contributed by atoms with E-state index >= 15 is 0 Å². The fourth-order valence-electron chi connectivity index (χ4n) is 3.24. The molecule has 1 aromatic heterocycles. The normalized spacial score (nSPS) is 12.4. The molecule has 0 aliphatic heterocycles. The van der Waals surface area contributed by atoms with Gasteiger partial charge in [0.25, 0.3) is 0 Å². The van der Waals surface area contributed by atoms with Crippen molar-refractivity contribution in [3.63, 3.8) is 0 Å². The van der Waals surface area contributed by atoms with Gasteiger partial charge in [-0.15, -0.1) is 34.9 Å². The minimum absolute atomic E-state index is 0.257. The number of aryl methyl sites for hydroxylation is 1. The van der Waals surface area contributed by atoms with Crippen LogP contribution in [0.25, 0.3) is 0 Å². The maximum absolute atomic E-state index is 10.8. The first-order valence-electron chi connectivity index (χ1n) is 11.2. The molecule has 0 fully saturated rings. The molecule has 162 valence electrons. The molecule has 5 heteroatoms. The Kier molecular flexibility index (Phi) is 16.4. The summed E-state index contributed by atoms with van der Waals surface area (Å²) < 4.78 is 0.400. The molecule has 28 heavy (non-hydrogen) atoms. The average molecular weight is 445 g/mol. The Labute approximate surface area is 185 Å². The number of rotatable bonds is 19. The lowest BCUT2D eigenvalue weighted by Crippen LogP contribution is -1.99. The lowest BCUT2D eigenvalue weighted by atomic mass is 10.0. The van der Waals surface area contributed by atoms with E-state index in [-0.39, 0.29) is 6.42 Å². The molecule has 1 N–H and O–H groups in total. The highest BCUT2D eigenvalue weighted by atomic mass is 32.2. The van der Waals surface area contributed by atoms with Crippen molar-refractivity contribution in [1.29, 1.82) is 0 Å². The van der Waals surface area contributed by atoms with Crippen LogP contribution in [-0.2, 0) is 11.2 Å². The molecule has 1 aromatic rings. The largest absolute Gasteiger partial charge is 0.481 e. The Balaban J connectivity index is 2.30. The second-order valence-electron chi connectivity index (χ2n) is 7.46. The topological polar surface area (TPSA) is 37.3 Å². The van der Waals surface area contributed by atoms with Crippen molar-refractivity contribution < 1.29 is 9.90 Å². The quantitative estimate of drug-likeness (QED) is 0.171. The molecule has 0 aliphatic carbocycles. The molecule has 0 bridgehead atoms. The highest BCUT2D eigenvalue weighted by Crippen LogP contribution is 2.44. The van der Waals surface area contributed by atoms with Gasteiger partial charge in [-0.25, -0.2) is 0 Å². The van der Waals surface area contributed by atoms with Crippen molar-refractivity contribution >= 4 is 40.8 Å². The Morgan fingerprint density at radius 2 is 1.54 bits per heavy atom. The summed E-state index contributed by atoms with van der Waals surface area (Å²) in [6, 6.07) is 2.30. The first-order valence-corrected chi connectivity index (χ1v) is 14.2. The zero-order valence-corrected chi connectivity index (χ0v) is 20.4. The van der Waals surface area contributed by atoms with Crippen LogP contribution in [0.4, 0.5) is 0 Å². The van der Waals surface area contributed by atoms with Crippen LogP contribution in [0.2, 0.25) is 0 Å². The van der Waals surface area contributed by atoms with Crippen LogP contribution in [0.1, 0.15) is 106 Å². The van der Waals surface area contributed by atoms with Gasteiger partial charge in [0.2, 0.25) is 0 Å². The van der Waals surface area contributed by atoms with E-state index in [9.17, 15) is 4.79 Å². The van der Waals surface area contributed by atoms with Crippen LogP contribution in [0, 0.1) is 0 Å². The van der Waals surface area contributed by atoms with E-state index < -0.39 is 5.97 Å². The van der Waals surface area contributed by atoms with E-state index in [1.807, 2.05) is 34.9 Å². The highest BCUT2D eigenvalue weighted by Gasteiger charge is 2.18. The van der Waals surface area contributed by atoms with Crippen LogP contribution in [-0.4, -0.2) is 22.6 Å². The van der Waals surface area contributed by atoms with Crippen LogP contribution in [0.15, 0.2) is 11.4 Å². The SMILES string of the molecule is CCCCCCCCCCCCc1ccsc1C(SCCC)SCCC(=O)O. The van der Waals surface area contributed by atoms with Crippen molar-refractivity contribution in [2.75, 3.05) is 11.5 Å². The average Bonchev–Trinajstić information content (AvgIpc) is 3.14. The van der Waals surface area contributed by atoms with Gasteiger partial charge in [0.15, 0.2) is 0 Å². The molecule has 1 heterocycles. The van der Waals surface area contributed by atoms with Gasteiger partial charge < -0.3 is 5.11 Å². The molecule has 1 atom stereocenters. The van der Waals surface area contributed by atoms with Gasteiger partial charge in [-0.2, -0.15) is 0 Å². The van der Waals surface area contributed by atoms with Gasteiger partial charge in [0.1, 0.15) is 0 Å². The van der Waals surface area contributed by atoms with Crippen LogP contribution < -0.4 is 0 Å². The molecule has 0 amide bonds. The van der Waals surface area contributed by atoms with E-state index in [1.165, 1.54) is 87.5 Å². The fourth-order valence-corrected chi connectivity index (χ4v) is 7.32. The molecule has 0 aromatic carbocycles. The van der Waals surface area contributed by atoms with E-state index in [4.69, 9.17) is 5.11 Å². The standard InChI is InChI=1S/C23H40O2S3/c1-3-5-6-7-8-9-10-11-12-13-14-20-15-18-26-22(20)23(27-17-4-2)28-19-16-21(24)25/h15,18,23H,3-14,16-17,19H2,1-2H3,(H,24,25). The monoisotopic (exact) mass is 444 g/mol. The Bertz CT molecular complexity index is 502. The van der Waals surface area contributed by atoms with E-state index in [2.05, 4.69) is 25.3 Å². The maximum atomic E-state index is 10.8. The van der Waals surface area contributed by atoms with E-state index in [0.717, 1.165) is 5.75 Å². The minimum Gasteiger partial charge on any atom is -0.481 e. The molecule has 0 spiro atoms. The third-order valence-electron chi connectivity index (χ3n) is 4.85. The number of hydrogen-bond acceptors (Lipinski definition) is 4. The molecule has 2 nitrogen and oxygen atoms in total. The number of aliphatic carboxylic acids is 1. The predicted octanol–water partition coefficient (Wildman–Crippen LogP) is 8.56. The fraction of sp³-hybridized carbons (Fsp3) is 0.783. The molecule has 1 unspecified atom stereocenters. The molecular formula is C23H40O2S3. The van der Waals surface area contributed by atoms with Crippen LogP contribution in [0.5, 0.6) is 0 Å². The lowest BCUT2D eigenvalue weighted by molar-refractivity contribution is -0.136. The van der Waals surface area contributed by atoms with E-state index in [1.54, 1.807) is 0 Å². The van der Waals surface area contributed by atoms with Crippen molar-refractivity contribution in [3.05, 3.63) is 21.9 Å². The summed E-state index contributed by atoms with van der Waals surface area (Å²) in [6.07, 6.45) is 16.4. The maximum Gasteiger partial charge on any atom is 0.304 e. The zero-order valence-electron chi connectivity index (χ0n) is 17.9. The summed E-state index contributed by atoms with van der Waals surface area (Å²) >= 11 is 5.66. The first-order chi connectivity index (χ1) is 13.7. The minimum atomic E-state index is -0.691. The Morgan fingerprint density at radius 1 is 0.929 bits per heavy atom. The second kappa shape index (κ2) is 17.7. The molecular weight excluding hydrogens is 404 g/mol. The second-order valence-corrected chi connectivity index (χ2v) is 11.1. The predicted molar refractivity (Wildman–Crippen MR) is 130 cm³/mol. The third-order valence-corrected chi connectivity index (χ3v) is 9.15. The van der Waals surface area contributed by atoms with Crippen LogP contribution in [0.3, 0.4) is 0 Å². The lowest BCUT2D eigenvalue weighted by Gasteiger charge is -2.16. The van der Waals surface area contributed by atoms with Crippen LogP contribution >= 0.6 is 34.9 Å². The number of carbonyl (C=O) groups is 1. The van der Waals surface area contributed by atoms with Gasteiger partial charge in [-0.3, -0.25) is 4.79 Å². The Hall–Kier alpha value is -0.130. The molecule has 0 saturated carbocycles. The zero-order chi connectivity index (χ0) is 20.5. The molecule has 0 saturated heterocycles. The Morgan fingerprint density at radius 3 is 2.14 bits per heavy atom. The number of carboxylic acids is 1. The summed E-state index contributed by atoms with van der Waals surface area (Å²) in [4.78, 5) is 12.3. The van der Waals surface area contributed by atoms with Gasteiger partial charge >= 0.3 is 5.97 Å². The van der Waals surface area contributed by atoms with Gasteiger partial charge in [-0.05, 0) is 42.0 Å². The van der Waals surface area contributed by atoms with Crippen molar-refractivity contribution in [1.82, 2.24) is 0 Å². The van der Waals surface area contributed by atoms with Gasteiger partial charge in [-0.1, -0.05) is 71.6 Å². The van der Waals surface area contributed by atoms with Crippen molar-refractivity contribution in [2.24, 2.45) is 0 Å². The summed E-state index contributed by atoms with van der Waals surface area (Å²) in [6.45, 7) is 4.49. The molecule has 1 rings (SSSR count). The summed E-state index contributed by atoms with van der Waals surface area (Å²) in [7, 11) is 0.